The average Bonchev–Trinajstić information content (AvgIpc) is 2.67. The number of hydrogen-bond acceptors (Lipinski definition) is 5. The third kappa shape index (κ3) is 6.25. The lowest BCUT2D eigenvalue weighted by Crippen LogP contribution is -2.41. The molecule has 0 aliphatic heterocycles. The monoisotopic (exact) mass is 418 g/mol. The van der Waals surface area contributed by atoms with Crippen LogP contribution in [0.3, 0.4) is 0 Å². The minimum absolute atomic E-state index is 0.0327. The van der Waals surface area contributed by atoms with Crippen molar-refractivity contribution < 1.29 is 4.79 Å². The summed E-state index contributed by atoms with van der Waals surface area (Å²) >= 11 is 1.52. The summed E-state index contributed by atoms with van der Waals surface area (Å²) in [6, 6.07) is 9.42. The molecule has 1 aromatic carbocycles. The van der Waals surface area contributed by atoms with E-state index in [1.54, 1.807) is 0 Å². The predicted molar refractivity (Wildman–Crippen MR) is 120 cm³/mol. The summed E-state index contributed by atoms with van der Waals surface area (Å²) in [5.41, 5.74) is 5.96. The molecule has 0 radical (unpaired) electrons. The van der Waals surface area contributed by atoms with Crippen LogP contribution in [0, 0.1) is 5.92 Å². The molecule has 8 heteroatoms. The van der Waals surface area contributed by atoms with E-state index < -0.39 is 11.2 Å². The van der Waals surface area contributed by atoms with E-state index in [1.165, 1.54) is 21.2 Å². The molecular weight excluding hydrogens is 388 g/mol. The van der Waals surface area contributed by atoms with Crippen LogP contribution in [-0.2, 0) is 17.9 Å². The van der Waals surface area contributed by atoms with Crippen molar-refractivity contribution in [2.75, 3.05) is 22.1 Å². The number of H-pyrrole nitrogens is 1. The Morgan fingerprint density at radius 3 is 2.55 bits per heavy atom. The Hall–Kier alpha value is -2.48. The van der Waals surface area contributed by atoms with Gasteiger partial charge in [-0.3, -0.25) is 24.0 Å². The van der Waals surface area contributed by atoms with Crippen molar-refractivity contribution in [1.82, 2.24) is 9.55 Å². The molecule has 2 aromatic rings. The van der Waals surface area contributed by atoms with E-state index in [9.17, 15) is 14.4 Å². The first-order valence-corrected chi connectivity index (χ1v) is 11.0. The molecular formula is C21H30N4O3S. The molecule has 1 heterocycles. The number of aromatic amines is 1. The van der Waals surface area contributed by atoms with E-state index in [-0.39, 0.29) is 29.7 Å². The van der Waals surface area contributed by atoms with Crippen molar-refractivity contribution in [2.24, 2.45) is 5.92 Å². The van der Waals surface area contributed by atoms with E-state index >= 15 is 0 Å². The van der Waals surface area contributed by atoms with Gasteiger partial charge in [-0.25, -0.2) is 4.79 Å². The van der Waals surface area contributed by atoms with Crippen LogP contribution in [-0.4, -0.2) is 27.0 Å². The van der Waals surface area contributed by atoms with Crippen molar-refractivity contribution in [3.8, 4) is 0 Å². The number of thioether (sulfide) groups is 1. The van der Waals surface area contributed by atoms with Crippen LogP contribution < -0.4 is 21.9 Å². The lowest BCUT2D eigenvalue weighted by Gasteiger charge is -2.25. The number of amides is 1. The number of anilines is 2. The summed E-state index contributed by atoms with van der Waals surface area (Å²) in [4.78, 5) is 41.7. The van der Waals surface area contributed by atoms with Crippen molar-refractivity contribution in [1.29, 1.82) is 0 Å². The first-order chi connectivity index (χ1) is 13.8. The fraction of sp³-hybridized carbons (Fsp3) is 0.476. The third-order valence-corrected chi connectivity index (χ3v) is 5.73. The summed E-state index contributed by atoms with van der Waals surface area (Å²) in [7, 11) is 0. The minimum atomic E-state index is -0.640. The van der Waals surface area contributed by atoms with Gasteiger partial charge < -0.3 is 5.73 Å². The van der Waals surface area contributed by atoms with Crippen LogP contribution in [0.15, 0.2) is 39.9 Å². The predicted octanol–water partition coefficient (Wildman–Crippen LogP) is 2.84. The minimum Gasteiger partial charge on any atom is -0.383 e. The molecule has 0 atom stereocenters. The number of hydrogen-bond donors (Lipinski definition) is 2. The van der Waals surface area contributed by atoms with Gasteiger partial charge in [0.05, 0.1) is 12.3 Å². The summed E-state index contributed by atoms with van der Waals surface area (Å²) < 4.78 is 1.34. The fourth-order valence-corrected chi connectivity index (χ4v) is 3.81. The molecule has 158 valence electrons. The quantitative estimate of drug-likeness (QED) is 0.618. The standard InChI is InChI=1S/C21H30N4O3S/c1-4-5-11-24-19(22)18(20(27)23-21(24)28)25(12-16-9-7-6-8-10-16)17(26)14-29-13-15(2)3/h6-10,15H,4-5,11-14,22H2,1-3H3,(H,23,27,28). The van der Waals surface area contributed by atoms with Gasteiger partial charge in [-0.05, 0) is 23.7 Å². The maximum absolute atomic E-state index is 13.1. The molecule has 7 nitrogen and oxygen atoms in total. The molecule has 2 rings (SSSR count). The summed E-state index contributed by atoms with van der Waals surface area (Å²) in [6.45, 7) is 6.78. The van der Waals surface area contributed by atoms with Crippen molar-refractivity contribution in [2.45, 2.75) is 46.7 Å². The van der Waals surface area contributed by atoms with E-state index in [0.717, 1.165) is 24.2 Å². The van der Waals surface area contributed by atoms with Crippen LogP contribution in [0.25, 0.3) is 0 Å². The zero-order valence-electron chi connectivity index (χ0n) is 17.3. The molecule has 0 fully saturated rings. The maximum Gasteiger partial charge on any atom is 0.330 e. The van der Waals surface area contributed by atoms with Crippen molar-refractivity contribution in [3.63, 3.8) is 0 Å². The number of nitrogens with one attached hydrogen (secondary N) is 1. The Balaban J connectivity index is 2.45. The number of benzene rings is 1. The van der Waals surface area contributed by atoms with Gasteiger partial charge in [-0.15, -0.1) is 0 Å². The van der Waals surface area contributed by atoms with E-state index in [2.05, 4.69) is 18.8 Å². The Kier molecular flexibility index (Phi) is 8.57. The number of nitrogens with zero attached hydrogens (tertiary/aromatic N) is 2. The highest BCUT2D eigenvalue weighted by Crippen LogP contribution is 2.21. The largest absolute Gasteiger partial charge is 0.383 e. The molecule has 0 saturated carbocycles. The van der Waals surface area contributed by atoms with Crippen LogP contribution in [0.2, 0.25) is 0 Å². The van der Waals surface area contributed by atoms with E-state index in [0.29, 0.717) is 12.5 Å². The van der Waals surface area contributed by atoms with Gasteiger partial charge in [-0.1, -0.05) is 57.5 Å². The molecule has 29 heavy (non-hydrogen) atoms. The normalized spacial score (nSPS) is 11.0. The summed E-state index contributed by atoms with van der Waals surface area (Å²) in [5, 5.41) is 0. The van der Waals surface area contributed by atoms with Gasteiger partial charge in [0.1, 0.15) is 5.82 Å². The molecule has 1 amide bonds. The van der Waals surface area contributed by atoms with Crippen molar-refractivity contribution >= 4 is 29.2 Å². The highest BCUT2D eigenvalue weighted by Gasteiger charge is 2.24. The zero-order chi connectivity index (χ0) is 21.4. The first kappa shape index (κ1) is 22.8. The van der Waals surface area contributed by atoms with Gasteiger partial charge in [0.2, 0.25) is 5.91 Å². The molecule has 0 spiro atoms. The number of rotatable bonds is 10. The smallest absolute Gasteiger partial charge is 0.330 e. The summed E-state index contributed by atoms with van der Waals surface area (Å²) in [5.74, 6) is 1.35. The second-order valence-corrected chi connectivity index (χ2v) is 8.40. The van der Waals surface area contributed by atoms with Gasteiger partial charge in [0.25, 0.3) is 5.56 Å². The number of aromatic nitrogens is 2. The molecule has 1 aromatic heterocycles. The summed E-state index contributed by atoms with van der Waals surface area (Å²) in [6.07, 6.45) is 1.62. The Morgan fingerprint density at radius 2 is 1.93 bits per heavy atom. The van der Waals surface area contributed by atoms with Gasteiger partial charge in [0, 0.05) is 6.54 Å². The van der Waals surface area contributed by atoms with E-state index in [1.807, 2.05) is 37.3 Å². The highest BCUT2D eigenvalue weighted by molar-refractivity contribution is 7.99. The van der Waals surface area contributed by atoms with Crippen LogP contribution in [0.5, 0.6) is 0 Å². The highest BCUT2D eigenvalue weighted by atomic mass is 32.2. The molecule has 0 unspecified atom stereocenters. The number of carbonyl (C=O) groups is 1. The zero-order valence-corrected chi connectivity index (χ0v) is 18.1. The van der Waals surface area contributed by atoms with Crippen LogP contribution in [0.1, 0.15) is 39.2 Å². The first-order valence-electron chi connectivity index (χ1n) is 9.89. The maximum atomic E-state index is 13.1. The van der Waals surface area contributed by atoms with Crippen LogP contribution in [0.4, 0.5) is 11.5 Å². The van der Waals surface area contributed by atoms with Gasteiger partial charge in [0.15, 0.2) is 5.69 Å². The second-order valence-electron chi connectivity index (χ2n) is 7.37. The number of unbranched alkanes of at least 4 members (excludes halogenated alkanes) is 1. The molecule has 0 bridgehead atoms. The molecule has 0 saturated heterocycles. The Labute approximate surface area is 175 Å². The Bertz CT molecular complexity index is 922. The SMILES string of the molecule is CCCCn1c(N)c(N(Cc2ccccc2)C(=O)CSCC(C)C)c(=O)[nH]c1=O. The van der Waals surface area contributed by atoms with Crippen molar-refractivity contribution in [3.05, 3.63) is 56.7 Å². The molecule has 0 aliphatic rings. The lowest BCUT2D eigenvalue weighted by molar-refractivity contribution is -0.116. The fourth-order valence-electron chi connectivity index (χ4n) is 2.89. The number of nitrogens with two attached hydrogens (primary N) is 1. The lowest BCUT2D eigenvalue weighted by atomic mass is 10.2. The topological polar surface area (TPSA) is 101 Å². The van der Waals surface area contributed by atoms with Crippen LogP contribution >= 0.6 is 11.8 Å². The van der Waals surface area contributed by atoms with E-state index in [4.69, 9.17) is 5.73 Å². The van der Waals surface area contributed by atoms with Gasteiger partial charge in [-0.2, -0.15) is 11.8 Å². The Morgan fingerprint density at radius 1 is 1.24 bits per heavy atom. The van der Waals surface area contributed by atoms with Gasteiger partial charge >= 0.3 is 5.69 Å². The number of nitrogen functional groups attached to an aromatic ring is 1. The average molecular weight is 419 g/mol. The molecule has 3 N–H and O–H groups in total. The molecule has 0 aliphatic carbocycles. The third-order valence-electron chi connectivity index (χ3n) is 4.38. The number of carbonyl (C=O) groups excluding carboxylic acids is 1. The second kappa shape index (κ2) is 10.9.